The smallest absolute Gasteiger partial charge is 0.306 e. The Hall–Kier alpha value is -1.10. The molecule has 448 valence electrons. The molecule has 0 saturated heterocycles. The molecule has 5 heteroatoms. The van der Waals surface area contributed by atoms with Crippen LogP contribution in [0.4, 0.5) is 0 Å². The minimum atomic E-state index is -0.765. The molecule has 0 radical (unpaired) electrons. The van der Waals surface area contributed by atoms with Gasteiger partial charge in [-0.1, -0.05) is 393 Å². The van der Waals surface area contributed by atoms with Gasteiger partial charge in [-0.25, -0.2) is 0 Å². The largest absolute Gasteiger partial charge is 0.462 e. The first-order valence-corrected chi connectivity index (χ1v) is 35.1. The van der Waals surface area contributed by atoms with Gasteiger partial charge >= 0.3 is 11.9 Å². The fraction of sp³-hybridized carbons (Fsp3) is 0.971. The second kappa shape index (κ2) is 67.2. The van der Waals surface area contributed by atoms with Crippen molar-refractivity contribution in [1.29, 1.82) is 0 Å². The van der Waals surface area contributed by atoms with Gasteiger partial charge in [-0.2, -0.15) is 0 Å². The molecule has 0 saturated carbocycles. The van der Waals surface area contributed by atoms with E-state index in [1.54, 1.807) is 0 Å². The van der Waals surface area contributed by atoms with E-state index in [-0.39, 0.29) is 25.2 Å². The van der Waals surface area contributed by atoms with Crippen molar-refractivity contribution in [2.45, 2.75) is 424 Å². The lowest BCUT2D eigenvalue weighted by atomic mass is 10.0. The summed E-state index contributed by atoms with van der Waals surface area (Å²) in [6, 6.07) is 0. The Morgan fingerprint density at radius 1 is 0.253 bits per heavy atom. The summed E-state index contributed by atoms with van der Waals surface area (Å²) in [4.78, 5) is 24.6. The van der Waals surface area contributed by atoms with Crippen molar-refractivity contribution < 1.29 is 24.2 Å². The molecule has 0 spiro atoms. The standard InChI is InChI=1S/C70H138O5/c1-3-5-7-9-11-13-15-17-19-21-23-25-27-29-31-33-34-35-36-37-39-41-43-45-47-49-51-53-55-57-59-61-63-65-70(73)75-68(66-71)67-74-69(72)64-62-60-58-56-54-52-50-48-46-44-42-40-38-32-30-28-26-24-22-20-18-16-14-12-10-8-6-4-2/h68,71H,3-67H2,1-2H3. The van der Waals surface area contributed by atoms with Gasteiger partial charge in [0.05, 0.1) is 6.61 Å². The zero-order valence-corrected chi connectivity index (χ0v) is 51.6. The molecule has 0 amide bonds. The van der Waals surface area contributed by atoms with E-state index in [1.165, 1.54) is 360 Å². The Morgan fingerprint density at radius 2 is 0.413 bits per heavy atom. The van der Waals surface area contributed by atoms with Gasteiger partial charge in [0.1, 0.15) is 6.61 Å². The monoisotopic (exact) mass is 1060 g/mol. The number of rotatable bonds is 67. The second-order valence-corrected chi connectivity index (χ2v) is 24.3. The van der Waals surface area contributed by atoms with Gasteiger partial charge in [0.2, 0.25) is 0 Å². The second-order valence-electron chi connectivity index (χ2n) is 24.3. The number of carbonyl (C=O) groups excluding carboxylic acids is 2. The predicted octanol–water partition coefficient (Wildman–Crippen LogP) is 24.0. The van der Waals surface area contributed by atoms with Gasteiger partial charge < -0.3 is 14.6 Å². The van der Waals surface area contributed by atoms with Crippen molar-refractivity contribution in [1.82, 2.24) is 0 Å². The van der Waals surface area contributed by atoms with Crippen LogP contribution in [-0.2, 0) is 19.1 Å². The molecule has 1 atom stereocenters. The van der Waals surface area contributed by atoms with Crippen molar-refractivity contribution >= 4 is 11.9 Å². The number of hydrogen-bond acceptors (Lipinski definition) is 5. The fourth-order valence-corrected chi connectivity index (χ4v) is 11.4. The third-order valence-electron chi connectivity index (χ3n) is 16.7. The average molecular weight is 1060 g/mol. The van der Waals surface area contributed by atoms with E-state index in [1.807, 2.05) is 0 Å². The van der Waals surface area contributed by atoms with E-state index in [0.717, 1.165) is 32.1 Å². The number of hydrogen-bond donors (Lipinski definition) is 1. The normalized spacial score (nSPS) is 12.0. The first-order valence-electron chi connectivity index (χ1n) is 35.1. The van der Waals surface area contributed by atoms with Crippen molar-refractivity contribution in [3.05, 3.63) is 0 Å². The van der Waals surface area contributed by atoms with Crippen LogP contribution in [0, 0.1) is 0 Å². The van der Waals surface area contributed by atoms with Crippen LogP contribution < -0.4 is 0 Å². The molecule has 0 aromatic heterocycles. The third kappa shape index (κ3) is 65.3. The summed E-state index contributed by atoms with van der Waals surface area (Å²) in [5, 5.41) is 9.70. The topological polar surface area (TPSA) is 72.8 Å². The third-order valence-corrected chi connectivity index (χ3v) is 16.7. The Kier molecular flexibility index (Phi) is 66.2. The number of ether oxygens (including phenoxy) is 2. The quantitative estimate of drug-likeness (QED) is 0.0485. The summed E-state index contributed by atoms with van der Waals surface area (Å²) in [6.07, 6.45) is 84.4. The van der Waals surface area contributed by atoms with Gasteiger partial charge in [-0.05, 0) is 12.8 Å². The number of aliphatic hydroxyl groups excluding tert-OH is 1. The predicted molar refractivity (Wildman–Crippen MR) is 330 cm³/mol. The summed E-state index contributed by atoms with van der Waals surface area (Å²) in [5.41, 5.74) is 0. The van der Waals surface area contributed by atoms with E-state index >= 15 is 0 Å². The Bertz CT molecular complexity index is 1060. The molecule has 75 heavy (non-hydrogen) atoms. The van der Waals surface area contributed by atoms with Gasteiger partial charge in [-0.15, -0.1) is 0 Å². The lowest BCUT2D eigenvalue weighted by Crippen LogP contribution is -2.28. The number of esters is 2. The molecular weight excluding hydrogens is 921 g/mol. The zero-order chi connectivity index (χ0) is 54.1. The first-order chi connectivity index (χ1) is 37.1. The minimum Gasteiger partial charge on any atom is -0.462 e. The molecule has 0 heterocycles. The molecule has 0 fully saturated rings. The lowest BCUT2D eigenvalue weighted by Gasteiger charge is -2.15. The molecule has 5 nitrogen and oxygen atoms in total. The highest BCUT2D eigenvalue weighted by Crippen LogP contribution is 2.20. The summed E-state index contributed by atoms with van der Waals surface area (Å²) >= 11 is 0. The molecule has 0 aromatic rings. The molecule has 1 unspecified atom stereocenters. The first kappa shape index (κ1) is 73.9. The molecule has 0 aliphatic rings. The number of unbranched alkanes of at least 4 members (excludes halogenated alkanes) is 59. The van der Waals surface area contributed by atoms with Crippen molar-refractivity contribution in [3.8, 4) is 0 Å². The SMILES string of the molecule is CCCCCCCCCCCCCCCCCCCCCCCCCCCCCCCCCCCC(=O)OC(CO)COC(=O)CCCCCCCCCCCCCCCCCCCCCCCCCCCCCC. The van der Waals surface area contributed by atoms with Crippen LogP contribution in [0.3, 0.4) is 0 Å². The van der Waals surface area contributed by atoms with Crippen LogP contribution in [0.5, 0.6) is 0 Å². The number of carbonyl (C=O) groups is 2. The van der Waals surface area contributed by atoms with E-state index in [9.17, 15) is 14.7 Å². The van der Waals surface area contributed by atoms with Gasteiger partial charge in [0, 0.05) is 12.8 Å². The highest BCUT2D eigenvalue weighted by molar-refractivity contribution is 5.70. The van der Waals surface area contributed by atoms with Gasteiger partial charge in [0.25, 0.3) is 0 Å². The Balaban J connectivity index is 3.35. The van der Waals surface area contributed by atoms with Crippen LogP contribution >= 0.6 is 0 Å². The van der Waals surface area contributed by atoms with Gasteiger partial charge in [0.15, 0.2) is 6.10 Å². The van der Waals surface area contributed by atoms with E-state index in [4.69, 9.17) is 9.47 Å². The average Bonchev–Trinajstić information content (AvgIpc) is 3.41. The summed E-state index contributed by atoms with van der Waals surface area (Å²) in [7, 11) is 0. The molecule has 0 aromatic carbocycles. The van der Waals surface area contributed by atoms with Crippen molar-refractivity contribution in [3.63, 3.8) is 0 Å². The Labute approximate surface area is 471 Å². The lowest BCUT2D eigenvalue weighted by molar-refractivity contribution is -0.161. The molecule has 0 aliphatic heterocycles. The molecule has 0 aliphatic carbocycles. The summed E-state index contributed by atoms with van der Waals surface area (Å²) < 4.78 is 10.8. The maximum absolute atomic E-state index is 12.4. The van der Waals surface area contributed by atoms with Crippen LogP contribution in [0.2, 0.25) is 0 Å². The maximum Gasteiger partial charge on any atom is 0.306 e. The van der Waals surface area contributed by atoms with Gasteiger partial charge in [-0.3, -0.25) is 9.59 Å². The highest BCUT2D eigenvalue weighted by Gasteiger charge is 2.16. The highest BCUT2D eigenvalue weighted by atomic mass is 16.6. The molecule has 0 bridgehead atoms. The van der Waals surface area contributed by atoms with Crippen LogP contribution in [0.15, 0.2) is 0 Å². The molecule has 1 N–H and O–H groups in total. The van der Waals surface area contributed by atoms with Crippen molar-refractivity contribution in [2.75, 3.05) is 13.2 Å². The maximum atomic E-state index is 12.4. The van der Waals surface area contributed by atoms with Crippen molar-refractivity contribution in [2.24, 2.45) is 0 Å². The summed E-state index contributed by atoms with van der Waals surface area (Å²) in [6.45, 7) is 4.23. The number of aliphatic hydroxyl groups is 1. The van der Waals surface area contributed by atoms with E-state index < -0.39 is 6.10 Å². The summed E-state index contributed by atoms with van der Waals surface area (Å²) in [5.74, 6) is -0.558. The molecular formula is C70H138O5. The Morgan fingerprint density at radius 3 is 0.587 bits per heavy atom. The fourth-order valence-electron chi connectivity index (χ4n) is 11.4. The zero-order valence-electron chi connectivity index (χ0n) is 51.6. The van der Waals surface area contributed by atoms with E-state index in [2.05, 4.69) is 13.8 Å². The van der Waals surface area contributed by atoms with Crippen LogP contribution in [0.25, 0.3) is 0 Å². The van der Waals surface area contributed by atoms with Crippen LogP contribution in [0.1, 0.15) is 418 Å². The molecule has 0 rings (SSSR count). The minimum absolute atomic E-state index is 0.0553. The van der Waals surface area contributed by atoms with E-state index in [0.29, 0.717) is 12.8 Å². The van der Waals surface area contributed by atoms with Crippen LogP contribution in [-0.4, -0.2) is 36.4 Å².